The number of rotatable bonds is 7. The number of benzene rings is 2. The van der Waals surface area contributed by atoms with E-state index in [4.69, 9.17) is 4.74 Å². The molecule has 2 amide bonds. The molecule has 0 aliphatic carbocycles. The second-order valence-electron chi connectivity index (χ2n) is 5.94. The van der Waals surface area contributed by atoms with Crippen LogP contribution in [0.15, 0.2) is 48.5 Å². The molecular weight excluding hydrogens is 367 g/mol. The predicted octanol–water partition coefficient (Wildman–Crippen LogP) is 2.33. The number of ketones is 1. The third-order valence-electron chi connectivity index (χ3n) is 3.74. The summed E-state index contributed by atoms with van der Waals surface area (Å²) >= 11 is 0. The van der Waals surface area contributed by atoms with Crippen molar-refractivity contribution in [2.45, 2.75) is 20.0 Å². The molecule has 0 unspecified atom stereocenters. The fraction of sp³-hybridized carbons (Fsp3) is 0.200. The van der Waals surface area contributed by atoms with Gasteiger partial charge < -0.3 is 15.4 Å². The first-order chi connectivity index (χ1) is 13.3. The molecule has 2 aromatic rings. The summed E-state index contributed by atoms with van der Waals surface area (Å²) < 4.78 is 17.8. The van der Waals surface area contributed by atoms with Crippen LogP contribution < -0.4 is 10.6 Å². The highest BCUT2D eigenvalue weighted by atomic mass is 19.1. The standard InChI is InChI=1S/C20H19FN2O5/c1-12(24)14-5-9-17(10-6-14)23-19(26)13(2)28-18(25)11-22-20(27)15-3-7-16(21)8-4-15/h3-10,13H,11H2,1-2H3,(H,22,27)(H,23,26)/t13-/m0/s1. The van der Waals surface area contributed by atoms with Crippen LogP contribution in [0, 0.1) is 5.82 Å². The van der Waals surface area contributed by atoms with Gasteiger partial charge in [-0.15, -0.1) is 0 Å². The van der Waals surface area contributed by atoms with E-state index in [2.05, 4.69) is 10.6 Å². The number of hydrogen-bond donors (Lipinski definition) is 2. The highest BCUT2D eigenvalue weighted by Crippen LogP contribution is 2.11. The minimum Gasteiger partial charge on any atom is -0.451 e. The number of anilines is 1. The van der Waals surface area contributed by atoms with Gasteiger partial charge in [-0.2, -0.15) is 0 Å². The molecule has 0 heterocycles. The van der Waals surface area contributed by atoms with Crippen molar-refractivity contribution in [3.8, 4) is 0 Å². The zero-order valence-corrected chi connectivity index (χ0v) is 15.3. The summed E-state index contributed by atoms with van der Waals surface area (Å²) in [5, 5.41) is 4.89. The highest BCUT2D eigenvalue weighted by Gasteiger charge is 2.18. The Kier molecular flexibility index (Phi) is 6.97. The van der Waals surface area contributed by atoms with Crippen molar-refractivity contribution in [2.24, 2.45) is 0 Å². The normalized spacial score (nSPS) is 11.2. The van der Waals surface area contributed by atoms with E-state index in [0.29, 0.717) is 11.3 Å². The zero-order chi connectivity index (χ0) is 20.7. The van der Waals surface area contributed by atoms with Crippen LogP contribution in [0.2, 0.25) is 0 Å². The van der Waals surface area contributed by atoms with Gasteiger partial charge in [0.25, 0.3) is 11.8 Å². The molecule has 0 radical (unpaired) electrons. The Morgan fingerprint density at radius 3 is 2.11 bits per heavy atom. The molecule has 2 N–H and O–H groups in total. The second-order valence-corrected chi connectivity index (χ2v) is 5.94. The molecule has 28 heavy (non-hydrogen) atoms. The first-order valence-electron chi connectivity index (χ1n) is 8.41. The largest absolute Gasteiger partial charge is 0.451 e. The molecule has 0 spiro atoms. The predicted molar refractivity (Wildman–Crippen MR) is 99.4 cm³/mol. The van der Waals surface area contributed by atoms with Gasteiger partial charge in [-0.3, -0.25) is 19.2 Å². The number of halogens is 1. The maximum Gasteiger partial charge on any atom is 0.326 e. The first kappa shape index (κ1) is 20.8. The van der Waals surface area contributed by atoms with Crippen molar-refractivity contribution in [3.63, 3.8) is 0 Å². The highest BCUT2D eigenvalue weighted by molar-refractivity contribution is 5.98. The smallest absolute Gasteiger partial charge is 0.326 e. The number of hydrogen-bond acceptors (Lipinski definition) is 5. The number of Topliss-reactive ketones (excluding diaryl/α,β-unsaturated/α-hetero) is 1. The fourth-order valence-electron chi connectivity index (χ4n) is 2.18. The molecule has 7 nitrogen and oxygen atoms in total. The number of ether oxygens (including phenoxy) is 1. The van der Waals surface area contributed by atoms with Gasteiger partial charge in [-0.25, -0.2) is 4.39 Å². The van der Waals surface area contributed by atoms with Crippen molar-refractivity contribution in [2.75, 3.05) is 11.9 Å². The van der Waals surface area contributed by atoms with Gasteiger partial charge in [0.1, 0.15) is 12.4 Å². The van der Waals surface area contributed by atoms with E-state index in [1.54, 1.807) is 24.3 Å². The van der Waals surface area contributed by atoms with Crippen molar-refractivity contribution in [3.05, 3.63) is 65.5 Å². The Hall–Kier alpha value is -3.55. The van der Waals surface area contributed by atoms with Gasteiger partial charge in [0, 0.05) is 16.8 Å². The summed E-state index contributed by atoms with van der Waals surface area (Å²) in [5.74, 6) is -2.51. The maximum atomic E-state index is 12.8. The van der Waals surface area contributed by atoms with Crippen LogP contribution in [-0.4, -0.2) is 36.2 Å². The van der Waals surface area contributed by atoms with E-state index in [1.807, 2.05) is 0 Å². The second kappa shape index (κ2) is 9.40. The van der Waals surface area contributed by atoms with Gasteiger partial charge in [-0.05, 0) is 62.4 Å². The minimum atomic E-state index is -1.09. The monoisotopic (exact) mass is 386 g/mol. The SMILES string of the molecule is CC(=O)c1ccc(NC(=O)[C@H](C)OC(=O)CNC(=O)c2ccc(F)cc2)cc1. The van der Waals surface area contributed by atoms with Gasteiger partial charge in [0.05, 0.1) is 0 Å². The van der Waals surface area contributed by atoms with Crippen LogP contribution in [0.3, 0.4) is 0 Å². The number of amides is 2. The molecule has 2 rings (SSSR count). The van der Waals surface area contributed by atoms with E-state index in [1.165, 1.54) is 26.0 Å². The summed E-state index contributed by atoms with van der Waals surface area (Å²) in [6, 6.07) is 11.1. The molecule has 8 heteroatoms. The number of carbonyl (C=O) groups excluding carboxylic acids is 4. The third kappa shape index (κ3) is 6.01. The van der Waals surface area contributed by atoms with Crippen molar-refractivity contribution >= 4 is 29.3 Å². The summed E-state index contributed by atoms with van der Waals surface area (Å²) in [4.78, 5) is 47.0. The summed E-state index contributed by atoms with van der Waals surface area (Å²) in [7, 11) is 0. The molecule has 0 aliphatic heterocycles. The Morgan fingerprint density at radius 2 is 1.54 bits per heavy atom. The lowest BCUT2D eigenvalue weighted by Gasteiger charge is -2.14. The Bertz CT molecular complexity index is 878. The molecule has 0 fully saturated rings. The van der Waals surface area contributed by atoms with Crippen LogP contribution in [0.25, 0.3) is 0 Å². The number of nitrogens with one attached hydrogen (secondary N) is 2. The summed E-state index contributed by atoms with van der Waals surface area (Å²) in [5.41, 5.74) is 1.14. The van der Waals surface area contributed by atoms with E-state index in [9.17, 15) is 23.6 Å². The van der Waals surface area contributed by atoms with E-state index >= 15 is 0 Å². The van der Waals surface area contributed by atoms with E-state index in [-0.39, 0.29) is 11.3 Å². The van der Waals surface area contributed by atoms with Crippen LogP contribution in [-0.2, 0) is 14.3 Å². The van der Waals surface area contributed by atoms with Crippen LogP contribution in [0.5, 0.6) is 0 Å². The molecule has 0 aromatic heterocycles. The average molecular weight is 386 g/mol. The molecule has 0 aliphatic rings. The molecule has 2 aromatic carbocycles. The maximum absolute atomic E-state index is 12.8. The zero-order valence-electron chi connectivity index (χ0n) is 15.3. The quantitative estimate of drug-likeness (QED) is 0.562. The summed E-state index contributed by atoms with van der Waals surface area (Å²) in [6.45, 7) is 2.38. The first-order valence-corrected chi connectivity index (χ1v) is 8.41. The van der Waals surface area contributed by atoms with E-state index in [0.717, 1.165) is 12.1 Å². The van der Waals surface area contributed by atoms with Gasteiger partial charge in [-0.1, -0.05) is 0 Å². The molecule has 1 atom stereocenters. The third-order valence-corrected chi connectivity index (χ3v) is 3.74. The minimum absolute atomic E-state index is 0.0946. The molecule has 0 saturated carbocycles. The lowest BCUT2D eigenvalue weighted by Crippen LogP contribution is -2.35. The van der Waals surface area contributed by atoms with Crippen molar-refractivity contribution in [1.29, 1.82) is 0 Å². The van der Waals surface area contributed by atoms with Crippen LogP contribution >= 0.6 is 0 Å². The number of carbonyl (C=O) groups is 4. The lowest BCUT2D eigenvalue weighted by molar-refractivity contribution is -0.152. The van der Waals surface area contributed by atoms with Crippen molar-refractivity contribution < 1.29 is 28.3 Å². The van der Waals surface area contributed by atoms with Gasteiger partial charge >= 0.3 is 5.97 Å². The van der Waals surface area contributed by atoms with Crippen LogP contribution in [0.1, 0.15) is 34.6 Å². The lowest BCUT2D eigenvalue weighted by atomic mass is 10.1. The fourth-order valence-corrected chi connectivity index (χ4v) is 2.18. The van der Waals surface area contributed by atoms with E-state index < -0.39 is 36.2 Å². The molecule has 0 saturated heterocycles. The van der Waals surface area contributed by atoms with Crippen molar-refractivity contribution in [1.82, 2.24) is 5.32 Å². The van der Waals surface area contributed by atoms with Gasteiger partial charge in [0.15, 0.2) is 11.9 Å². The Balaban J connectivity index is 1.80. The average Bonchev–Trinajstić information content (AvgIpc) is 2.67. The molecule has 146 valence electrons. The topological polar surface area (TPSA) is 102 Å². The Morgan fingerprint density at radius 1 is 0.964 bits per heavy atom. The Labute approximate surface area is 160 Å². The number of esters is 1. The molecular formula is C20H19FN2O5. The van der Waals surface area contributed by atoms with Gasteiger partial charge in [0.2, 0.25) is 0 Å². The van der Waals surface area contributed by atoms with Crippen LogP contribution in [0.4, 0.5) is 10.1 Å². The molecule has 0 bridgehead atoms. The summed E-state index contributed by atoms with van der Waals surface area (Å²) in [6.07, 6.45) is -1.09.